The van der Waals surface area contributed by atoms with Crippen molar-refractivity contribution >= 4 is 63.5 Å². The van der Waals surface area contributed by atoms with Crippen LogP contribution in [0.3, 0.4) is 0 Å². The minimum absolute atomic E-state index is 0.136. The molecule has 33 heavy (non-hydrogen) atoms. The molecule has 1 heterocycles. The highest BCUT2D eigenvalue weighted by atomic mass is 127. The summed E-state index contributed by atoms with van der Waals surface area (Å²) in [6.45, 7) is 8.03. The summed E-state index contributed by atoms with van der Waals surface area (Å²) >= 11 is 9.41. The van der Waals surface area contributed by atoms with Crippen LogP contribution in [-0.4, -0.2) is 32.3 Å². The first-order valence-electron chi connectivity index (χ1n) is 10.1. The summed E-state index contributed by atoms with van der Waals surface area (Å²) in [7, 11) is 0. The van der Waals surface area contributed by atoms with Gasteiger partial charge in [0, 0.05) is 26.4 Å². The van der Waals surface area contributed by atoms with E-state index in [0.29, 0.717) is 28.1 Å². The second-order valence-corrected chi connectivity index (χ2v) is 9.86. The molecule has 2 amide bonds. The van der Waals surface area contributed by atoms with Gasteiger partial charge in [-0.2, -0.15) is 0 Å². The van der Waals surface area contributed by atoms with E-state index in [4.69, 9.17) is 11.6 Å². The fraction of sp³-hybridized carbons (Fsp3) is 0.217. The number of allylic oxidation sites excluding steroid dienone is 1. The van der Waals surface area contributed by atoms with Crippen LogP contribution in [0.25, 0.3) is 0 Å². The number of benzene rings is 2. The Morgan fingerprint density at radius 3 is 2.64 bits per heavy atom. The molecule has 2 N–H and O–H groups in total. The summed E-state index contributed by atoms with van der Waals surface area (Å²) in [5, 5.41) is 15.5. The molecule has 0 bridgehead atoms. The van der Waals surface area contributed by atoms with E-state index in [0.717, 1.165) is 14.8 Å². The third-order valence-corrected chi connectivity index (χ3v) is 6.58. The normalized spacial score (nSPS) is 11.6. The highest BCUT2D eigenvalue weighted by molar-refractivity contribution is 14.1. The van der Waals surface area contributed by atoms with Crippen LogP contribution in [0, 0.1) is 10.5 Å². The molecule has 0 fully saturated rings. The average molecular weight is 596 g/mol. The van der Waals surface area contributed by atoms with E-state index >= 15 is 0 Å². The van der Waals surface area contributed by atoms with Gasteiger partial charge in [-0.25, -0.2) is 0 Å². The quantitative estimate of drug-likeness (QED) is 0.200. The number of hydrogen-bond acceptors (Lipinski definition) is 5. The minimum atomic E-state index is -0.404. The Labute approximate surface area is 215 Å². The van der Waals surface area contributed by atoms with E-state index < -0.39 is 6.04 Å². The number of rotatable bonds is 9. The molecule has 0 aliphatic carbocycles. The van der Waals surface area contributed by atoms with Crippen molar-refractivity contribution in [2.45, 2.75) is 31.6 Å². The van der Waals surface area contributed by atoms with Crippen LogP contribution in [0.1, 0.15) is 34.7 Å². The van der Waals surface area contributed by atoms with E-state index in [1.807, 2.05) is 36.6 Å². The van der Waals surface area contributed by atoms with E-state index in [1.165, 1.54) is 11.8 Å². The maximum Gasteiger partial charge on any atom is 0.251 e. The van der Waals surface area contributed by atoms with Crippen molar-refractivity contribution in [3.63, 3.8) is 0 Å². The van der Waals surface area contributed by atoms with Crippen LogP contribution >= 0.6 is 46.0 Å². The maximum absolute atomic E-state index is 12.6. The lowest BCUT2D eigenvalue weighted by atomic mass is 10.2. The zero-order valence-electron chi connectivity index (χ0n) is 18.1. The van der Waals surface area contributed by atoms with Crippen molar-refractivity contribution in [2.24, 2.45) is 0 Å². The highest BCUT2D eigenvalue weighted by Crippen LogP contribution is 2.23. The Morgan fingerprint density at radius 2 is 1.97 bits per heavy atom. The third kappa shape index (κ3) is 6.81. The van der Waals surface area contributed by atoms with Gasteiger partial charge < -0.3 is 15.2 Å². The van der Waals surface area contributed by atoms with Gasteiger partial charge in [0.25, 0.3) is 5.91 Å². The fourth-order valence-corrected chi connectivity index (χ4v) is 4.59. The fourth-order valence-electron chi connectivity index (χ4n) is 3.06. The van der Waals surface area contributed by atoms with Gasteiger partial charge >= 0.3 is 0 Å². The van der Waals surface area contributed by atoms with Crippen LogP contribution in [0.15, 0.2) is 60.3 Å². The Morgan fingerprint density at radius 1 is 1.24 bits per heavy atom. The number of thioether (sulfide) groups is 1. The molecule has 1 atom stereocenters. The average Bonchev–Trinajstić information content (AvgIpc) is 3.17. The first-order chi connectivity index (χ1) is 15.8. The summed E-state index contributed by atoms with van der Waals surface area (Å²) < 4.78 is 2.95. The number of halogens is 2. The monoisotopic (exact) mass is 595 g/mol. The molecular weight excluding hydrogens is 573 g/mol. The summed E-state index contributed by atoms with van der Waals surface area (Å²) in [5.74, 6) is 0.372. The van der Waals surface area contributed by atoms with Gasteiger partial charge in [0.2, 0.25) is 5.91 Å². The molecule has 0 spiro atoms. The van der Waals surface area contributed by atoms with Gasteiger partial charge in [0.05, 0.1) is 11.8 Å². The summed E-state index contributed by atoms with van der Waals surface area (Å²) in [5.41, 5.74) is 2.29. The summed E-state index contributed by atoms with van der Waals surface area (Å²) in [4.78, 5) is 25.0. The lowest BCUT2D eigenvalue weighted by Crippen LogP contribution is -2.28. The number of nitrogens with one attached hydrogen (secondary N) is 2. The lowest BCUT2D eigenvalue weighted by molar-refractivity contribution is -0.113. The van der Waals surface area contributed by atoms with E-state index in [9.17, 15) is 9.59 Å². The van der Waals surface area contributed by atoms with Crippen molar-refractivity contribution in [2.75, 3.05) is 11.1 Å². The van der Waals surface area contributed by atoms with Gasteiger partial charge in [-0.05, 0) is 84.5 Å². The SMILES string of the molecule is C=CCn1c(SCC(=O)Nc2ccc(I)cc2C)nnc1[C@@H](C)NC(=O)c1ccc(Cl)cc1. The first-order valence-corrected chi connectivity index (χ1v) is 12.5. The molecular formula is C23H23ClIN5O2S. The number of aromatic nitrogens is 3. The molecule has 0 aliphatic heterocycles. The van der Waals surface area contributed by atoms with Crippen LogP contribution < -0.4 is 10.6 Å². The van der Waals surface area contributed by atoms with Crippen LogP contribution in [0.5, 0.6) is 0 Å². The van der Waals surface area contributed by atoms with E-state index in [-0.39, 0.29) is 17.6 Å². The number of amides is 2. The smallest absolute Gasteiger partial charge is 0.251 e. The Kier molecular flexibility index (Phi) is 8.93. The molecule has 3 aromatic rings. The van der Waals surface area contributed by atoms with Crippen molar-refractivity contribution in [3.8, 4) is 0 Å². The van der Waals surface area contributed by atoms with Crippen molar-refractivity contribution < 1.29 is 9.59 Å². The second kappa shape index (κ2) is 11.7. The predicted molar refractivity (Wildman–Crippen MR) is 141 cm³/mol. The summed E-state index contributed by atoms with van der Waals surface area (Å²) in [6, 6.07) is 12.1. The van der Waals surface area contributed by atoms with E-state index in [1.54, 1.807) is 30.3 Å². The van der Waals surface area contributed by atoms with E-state index in [2.05, 4.69) is 50.0 Å². The van der Waals surface area contributed by atoms with Gasteiger partial charge in [-0.3, -0.25) is 9.59 Å². The predicted octanol–water partition coefficient (Wildman–Crippen LogP) is 5.25. The molecule has 0 unspecified atom stereocenters. The molecule has 2 aromatic carbocycles. The second-order valence-electron chi connectivity index (χ2n) is 7.24. The number of carbonyl (C=O) groups excluding carboxylic acids is 2. The number of carbonyl (C=O) groups is 2. The molecule has 172 valence electrons. The Balaban J connectivity index is 1.66. The molecule has 0 saturated carbocycles. The highest BCUT2D eigenvalue weighted by Gasteiger charge is 2.20. The molecule has 3 rings (SSSR count). The Hall–Kier alpha value is -2.37. The molecule has 0 saturated heterocycles. The maximum atomic E-state index is 12.6. The topological polar surface area (TPSA) is 88.9 Å². The van der Waals surface area contributed by atoms with Gasteiger partial charge in [0.15, 0.2) is 11.0 Å². The van der Waals surface area contributed by atoms with Gasteiger partial charge in [-0.1, -0.05) is 29.4 Å². The van der Waals surface area contributed by atoms with Crippen LogP contribution in [0.2, 0.25) is 5.02 Å². The first kappa shape index (κ1) is 25.3. The molecule has 10 heteroatoms. The molecule has 7 nitrogen and oxygen atoms in total. The van der Waals surface area contributed by atoms with Crippen LogP contribution in [-0.2, 0) is 11.3 Å². The van der Waals surface area contributed by atoms with Gasteiger partial charge in [0.1, 0.15) is 0 Å². The third-order valence-electron chi connectivity index (χ3n) is 4.69. The van der Waals surface area contributed by atoms with Gasteiger partial charge in [-0.15, -0.1) is 16.8 Å². The van der Waals surface area contributed by atoms with Crippen molar-refractivity contribution in [1.29, 1.82) is 0 Å². The number of anilines is 1. The molecule has 0 aliphatic rings. The Bertz CT molecular complexity index is 1170. The number of hydrogen-bond donors (Lipinski definition) is 2. The van der Waals surface area contributed by atoms with Crippen molar-refractivity contribution in [1.82, 2.24) is 20.1 Å². The zero-order chi connectivity index (χ0) is 24.0. The van der Waals surface area contributed by atoms with Crippen molar-refractivity contribution in [3.05, 3.63) is 80.7 Å². The zero-order valence-corrected chi connectivity index (χ0v) is 21.9. The number of aryl methyl sites for hydroxylation is 1. The minimum Gasteiger partial charge on any atom is -0.342 e. The summed E-state index contributed by atoms with van der Waals surface area (Å²) in [6.07, 6.45) is 1.72. The lowest BCUT2D eigenvalue weighted by Gasteiger charge is -2.15. The molecule has 0 radical (unpaired) electrons. The van der Waals surface area contributed by atoms with Crippen LogP contribution in [0.4, 0.5) is 5.69 Å². The molecule has 1 aromatic heterocycles. The largest absolute Gasteiger partial charge is 0.342 e. The standard InChI is InChI=1S/C23H23ClIN5O2S/c1-4-11-30-21(15(3)26-22(32)16-5-7-17(24)8-6-16)28-29-23(30)33-13-20(31)27-19-10-9-18(25)12-14(19)2/h4-10,12,15H,1,11,13H2,2-3H3,(H,26,32)(H,27,31)/t15-/m1/s1. The number of nitrogens with zero attached hydrogens (tertiary/aromatic N) is 3.